The summed E-state index contributed by atoms with van der Waals surface area (Å²) in [4.78, 5) is 0. The van der Waals surface area contributed by atoms with Gasteiger partial charge in [-0.2, -0.15) is 0 Å². The summed E-state index contributed by atoms with van der Waals surface area (Å²) in [6, 6.07) is 5.63. The fourth-order valence-corrected chi connectivity index (χ4v) is 3.65. The van der Waals surface area contributed by atoms with Crippen molar-refractivity contribution in [3.63, 3.8) is 0 Å². The quantitative estimate of drug-likeness (QED) is 0.757. The Labute approximate surface area is 136 Å². The molecule has 0 atom stereocenters. The number of hydrogen-bond donors (Lipinski definition) is 1. The van der Waals surface area contributed by atoms with Gasteiger partial charge in [0.25, 0.3) is 0 Å². The molecular formula is C16H12BrCl2N. The lowest BCUT2D eigenvalue weighted by atomic mass is 9.86. The van der Waals surface area contributed by atoms with Crippen molar-refractivity contribution in [2.24, 2.45) is 5.73 Å². The lowest BCUT2D eigenvalue weighted by molar-refractivity contribution is 1.15. The van der Waals surface area contributed by atoms with Crippen molar-refractivity contribution in [2.75, 3.05) is 6.54 Å². The lowest BCUT2D eigenvalue weighted by Gasteiger charge is -2.21. The standard InChI is InChI=1S/C16H12BrCl2N/c17-14-6-5-12(11-4-2-10(18)7-15(11)19)16-9(8-20)1-3-13(14)16/h1-4,6-7H,5,8,20H2. The highest BCUT2D eigenvalue weighted by atomic mass is 79.9. The monoisotopic (exact) mass is 367 g/mol. The Kier molecular flexibility index (Phi) is 3.91. The second-order valence-corrected chi connectivity index (χ2v) is 6.41. The number of nitrogens with two attached hydrogens (primary N) is 1. The highest BCUT2D eigenvalue weighted by Crippen LogP contribution is 2.45. The minimum atomic E-state index is 0.518. The van der Waals surface area contributed by atoms with Gasteiger partial charge in [-0.05, 0) is 46.4 Å². The SMILES string of the molecule is NCC1=CC=C2C(Br)=CCC(c3ccc(Cl)cc3Cl)=C12. The number of benzene rings is 1. The zero-order valence-corrected chi connectivity index (χ0v) is 13.7. The Balaban J connectivity index is 2.19. The number of hydrogen-bond acceptors (Lipinski definition) is 1. The first kappa shape index (κ1) is 14.2. The van der Waals surface area contributed by atoms with Gasteiger partial charge in [0.05, 0.1) is 0 Å². The zero-order valence-electron chi connectivity index (χ0n) is 10.6. The Morgan fingerprint density at radius 2 is 2.00 bits per heavy atom. The summed E-state index contributed by atoms with van der Waals surface area (Å²) < 4.78 is 1.11. The van der Waals surface area contributed by atoms with Gasteiger partial charge >= 0.3 is 0 Å². The van der Waals surface area contributed by atoms with E-state index >= 15 is 0 Å². The van der Waals surface area contributed by atoms with E-state index in [1.54, 1.807) is 6.07 Å². The van der Waals surface area contributed by atoms with Gasteiger partial charge in [-0.15, -0.1) is 0 Å². The highest BCUT2D eigenvalue weighted by molar-refractivity contribution is 9.12. The van der Waals surface area contributed by atoms with E-state index in [1.165, 1.54) is 16.7 Å². The summed E-state index contributed by atoms with van der Waals surface area (Å²) in [5, 5.41) is 1.32. The molecule has 0 saturated heterocycles. The highest BCUT2D eigenvalue weighted by Gasteiger charge is 2.25. The molecular weight excluding hydrogens is 357 g/mol. The molecule has 4 heteroatoms. The van der Waals surface area contributed by atoms with Gasteiger partial charge in [-0.3, -0.25) is 0 Å². The van der Waals surface area contributed by atoms with Crippen LogP contribution in [0.15, 0.2) is 57.6 Å². The van der Waals surface area contributed by atoms with Crippen LogP contribution in [0.1, 0.15) is 12.0 Å². The maximum Gasteiger partial charge on any atom is 0.0496 e. The van der Waals surface area contributed by atoms with Gasteiger partial charge in [-0.1, -0.05) is 63.4 Å². The van der Waals surface area contributed by atoms with E-state index < -0.39 is 0 Å². The predicted octanol–water partition coefficient (Wildman–Crippen LogP) is 5.25. The fourth-order valence-electron chi connectivity index (χ4n) is 2.63. The van der Waals surface area contributed by atoms with E-state index in [4.69, 9.17) is 28.9 Å². The van der Waals surface area contributed by atoms with Crippen molar-refractivity contribution >= 4 is 44.7 Å². The van der Waals surface area contributed by atoms with Gasteiger partial charge in [-0.25, -0.2) is 0 Å². The third kappa shape index (κ3) is 2.31. The van der Waals surface area contributed by atoms with E-state index in [9.17, 15) is 0 Å². The Morgan fingerprint density at radius 3 is 2.70 bits per heavy atom. The summed E-state index contributed by atoms with van der Waals surface area (Å²) in [6.45, 7) is 0.518. The molecule has 0 aliphatic heterocycles. The third-order valence-electron chi connectivity index (χ3n) is 3.56. The van der Waals surface area contributed by atoms with E-state index in [-0.39, 0.29) is 0 Å². The van der Waals surface area contributed by atoms with Crippen LogP contribution in [0.4, 0.5) is 0 Å². The number of halogens is 3. The summed E-state index contributed by atoms with van der Waals surface area (Å²) >= 11 is 16.0. The average molecular weight is 369 g/mol. The molecule has 0 fully saturated rings. The molecule has 1 nitrogen and oxygen atoms in total. The first-order valence-corrected chi connectivity index (χ1v) is 7.83. The van der Waals surface area contributed by atoms with E-state index in [1.807, 2.05) is 12.1 Å². The van der Waals surface area contributed by atoms with Crippen LogP contribution in [0.25, 0.3) is 5.57 Å². The molecule has 102 valence electrons. The zero-order chi connectivity index (χ0) is 14.3. The molecule has 20 heavy (non-hydrogen) atoms. The normalized spacial score (nSPS) is 17.7. The van der Waals surface area contributed by atoms with Crippen LogP contribution in [-0.2, 0) is 0 Å². The molecule has 2 aliphatic rings. The van der Waals surface area contributed by atoms with Gasteiger partial charge in [0.15, 0.2) is 0 Å². The van der Waals surface area contributed by atoms with Crippen molar-refractivity contribution in [2.45, 2.75) is 6.42 Å². The number of rotatable bonds is 2. The molecule has 0 saturated carbocycles. The molecule has 2 N–H and O–H groups in total. The summed E-state index contributed by atoms with van der Waals surface area (Å²) in [5.74, 6) is 0. The summed E-state index contributed by atoms with van der Waals surface area (Å²) in [5.41, 5.74) is 11.6. The second kappa shape index (κ2) is 5.53. The smallest absolute Gasteiger partial charge is 0.0496 e. The van der Waals surface area contributed by atoms with Gasteiger partial charge in [0, 0.05) is 21.1 Å². The number of fused-ring (bicyclic) bond motifs is 1. The first-order chi connectivity index (χ1) is 9.61. The van der Waals surface area contributed by atoms with Crippen LogP contribution in [0.3, 0.4) is 0 Å². The molecule has 0 amide bonds. The Bertz CT molecular complexity index is 711. The first-order valence-electron chi connectivity index (χ1n) is 6.28. The Morgan fingerprint density at radius 1 is 1.20 bits per heavy atom. The minimum Gasteiger partial charge on any atom is -0.326 e. The molecule has 1 aromatic carbocycles. The van der Waals surface area contributed by atoms with E-state index in [0.717, 1.165) is 22.0 Å². The molecule has 0 unspecified atom stereocenters. The van der Waals surface area contributed by atoms with Crippen molar-refractivity contribution in [1.29, 1.82) is 0 Å². The van der Waals surface area contributed by atoms with Crippen LogP contribution >= 0.6 is 39.1 Å². The van der Waals surface area contributed by atoms with E-state index in [2.05, 4.69) is 34.2 Å². The molecule has 0 radical (unpaired) electrons. The summed E-state index contributed by atoms with van der Waals surface area (Å²) in [7, 11) is 0. The molecule has 3 rings (SSSR count). The van der Waals surface area contributed by atoms with Crippen LogP contribution in [0, 0.1) is 0 Å². The van der Waals surface area contributed by atoms with Crippen molar-refractivity contribution in [3.8, 4) is 0 Å². The third-order valence-corrected chi connectivity index (χ3v) is 4.86. The molecule has 0 aromatic heterocycles. The molecule has 1 aromatic rings. The van der Waals surface area contributed by atoms with Gasteiger partial charge < -0.3 is 5.73 Å². The van der Waals surface area contributed by atoms with Crippen molar-refractivity contribution < 1.29 is 0 Å². The average Bonchev–Trinajstić information content (AvgIpc) is 2.85. The summed E-state index contributed by atoms with van der Waals surface area (Å²) in [6.07, 6.45) is 7.16. The predicted molar refractivity (Wildman–Crippen MR) is 90.2 cm³/mol. The van der Waals surface area contributed by atoms with Crippen LogP contribution in [-0.4, -0.2) is 6.54 Å². The van der Waals surface area contributed by atoms with Crippen LogP contribution in [0.2, 0.25) is 10.0 Å². The van der Waals surface area contributed by atoms with Gasteiger partial charge in [0.2, 0.25) is 0 Å². The van der Waals surface area contributed by atoms with E-state index in [0.29, 0.717) is 16.6 Å². The lowest BCUT2D eigenvalue weighted by Crippen LogP contribution is -2.08. The largest absolute Gasteiger partial charge is 0.326 e. The number of allylic oxidation sites excluding steroid dienone is 6. The second-order valence-electron chi connectivity index (χ2n) is 4.71. The molecule has 0 heterocycles. The van der Waals surface area contributed by atoms with Crippen LogP contribution < -0.4 is 5.73 Å². The molecule has 0 spiro atoms. The van der Waals surface area contributed by atoms with Crippen molar-refractivity contribution in [3.05, 3.63) is 73.2 Å². The minimum absolute atomic E-state index is 0.518. The molecule has 0 bridgehead atoms. The maximum atomic E-state index is 6.36. The van der Waals surface area contributed by atoms with Crippen LogP contribution in [0.5, 0.6) is 0 Å². The fraction of sp³-hybridized carbons (Fsp3) is 0.125. The topological polar surface area (TPSA) is 26.0 Å². The van der Waals surface area contributed by atoms with Gasteiger partial charge in [0.1, 0.15) is 0 Å². The maximum absolute atomic E-state index is 6.36. The van der Waals surface area contributed by atoms with Crippen molar-refractivity contribution in [1.82, 2.24) is 0 Å². The molecule has 2 aliphatic carbocycles. The Hall–Kier alpha value is -0.800.